The van der Waals surface area contributed by atoms with Gasteiger partial charge in [0.15, 0.2) is 0 Å². The Hall–Kier alpha value is -1.89. The zero-order chi connectivity index (χ0) is 13.0. The van der Waals surface area contributed by atoms with E-state index in [2.05, 4.69) is 15.5 Å². The van der Waals surface area contributed by atoms with E-state index in [4.69, 9.17) is 5.73 Å². The number of benzene rings is 1. The second-order valence-corrected chi connectivity index (χ2v) is 4.84. The van der Waals surface area contributed by atoms with E-state index in [0.717, 1.165) is 5.69 Å². The number of rotatable bonds is 5. The van der Waals surface area contributed by atoms with Gasteiger partial charge in [0.25, 0.3) is 0 Å². The lowest BCUT2D eigenvalue weighted by Crippen LogP contribution is -2.11. The molecule has 94 valence electrons. The number of primary amides is 1. The van der Waals surface area contributed by atoms with Crippen LogP contribution in [0.15, 0.2) is 29.4 Å². The van der Waals surface area contributed by atoms with Crippen LogP contribution in [0, 0.1) is 6.92 Å². The van der Waals surface area contributed by atoms with Gasteiger partial charge in [0.2, 0.25) is 11.1 Å². The van der Waals surface area contributed by atoms with Crippen molar-refractivity contribution in [1.29, 1.82) is 0 Å². The third-order valence-electron chi connectivity index (χ3n) is 2.30. The lowest BCUT2D eigenvalue weighted by molar-refractivity contribution is -0.117. The molecule has 6 nitrogen and oxygen atoms in total. The highest BCUT2D eigenvalue weighted by Gasteiger charge is 2.09. The van der Waals surface area contributed by atoms with Crippen molar-refractivity contribution in [1.82, 2.24) is 20.2 Å². The first-order valence-electron chi connectivity index (χ1n) is 5.43. The predicted molar refractivity (Wildman–Crippen MR) is 68.4 cm³/mol. The van der Waals surface area contributed by atoms with Crippen molar-refractivity contribution >= 4 is 17.7 Å². The van der Waals surface area contributed by atoms with E-state index in [1.54, 1.807) is 4.68 Å². The molecule has 0 radical (unpaired) electrons. The largest absolute Gasteiger partial charge is 0.370 e. The van der Waals surface area contributed by atoms with Gasteiger partial charge in [-0.15, -0.1) is 5.10 Å². The number of carbonyl (C=O) groups is 1. The van der Waals surface area contributed by atoms with Gasteiger partial charge in [-0.3, -0.25) is 4.79 Å². The van der Waals surface area contributed by atoms with E-state index in [1.807, 2.05) is 31.2 Å². The third-order valence-corrected chi connectivity index (χ3v) is 3.22. The zero-order valence-corrected chi connectivity index (χ0v) is 10.7. The highest BCUT2D eigenvalue weighted by molar-refractivity contribution is 7.99. The first-order valence-corrected chi connectivity index (χ1v) is 6.42. The Labute approximate surface area is 109 Å². The molecule has 0 aliphatic heterocycles. The molecule has 1 aromatic heterocycles. The number of nitrogens with zero attached hydrogens (tertiary/aromatic N) is 4. The normalized spacial score (nSPS) is 10.5. The van der Waals surface area contributed by atoms with E-state index >= 15 is 0 Å². The molecule has 2 rings (SSSR count). The number of hydrogen-bond acceptors (Lipinski definition) is 5. The van der Waals surface area contributed by atoms with E-state index in [1.165, 1.54) is 17.3 Å². The first kappa shape index (κ1) is 12.6. The molecule has 0 aliphatic rings. The van der Waals surface area contributed by atoms with Gasteiger partial charge in [0.05, 0.1) is 5.69 Å². The standard InChI is InChI=1S/C11H13N5OS/c1-8-2-4-9(5-3-8)16-11(13-14-15-16)18-7-6-10(12)17/h2-5H,6-7H2,1H3,(H2,12,17). The molecule has 2 N–H and O–H groups in total. The van der Waals surface area contributed by atoms with Gasteiger partial charge >= 0.3 is 0 Å². The lowest BCUT2D eigenvalue weighted by atomic mass is 10.2. The van der Waals surface area contributed by atoms with Crippen LogP contribution in [0.25, 0.3) is 5.69 Å². The Morgan fingerprint density at radius 2 is 2.11 bits per heavy atom. The van der Waals surface area contributed by atoms with Crippen LogP contribution in [0.3, 0.4) is 0 Å². The Morgan fingerprint density at radius 1 is 1.39 bits per heavy atom. The predicted octanol–water partition coefficient (Wildman–Crippen LogP) is 0.938. The fraction of sp³-hybridized carbons (Fsp3) is 0.273. The van der Waals surface area contributed by atoms with Gasteiger partial charge in [0.1, 0.15) is 0 Å². The zero-order valence-electron chi connectivity index (χ0n) is 9.91. The van der Waals surface area contributed by atoms with E-state index in [0.29, 0.717) is 17.3 Å². The second kappa shape index (κ2) is 5.63. The summed E-state index contributed by atoms with van der Waals surface area (Å²) < 4.78 is 1.64. The number of hydrogen-bond donors (Lipinski definition) is 1. The molecule has 0 aliphatic carbocycles. The molecule has 1 amide bonds. The van der Waals surface area contributed by atoms with Crippen molar-refractivity contribution < 1.29 is 4.79 Å². The average Bonchev–Trinajstić information content (AvgIpc) is 2.78. The summed E-state index contributed by atoms with van der Waals surface area (Å²) in [5.41, 5.74) is 7.16. The topological polar surface area (TPSA) is 86.7 Å². The van der Waals surface area contributed by atoms with Gasteiger partial charge in [-0.05, 0) is 29.5 Å². The van der Waals surface area contributed by atoms with Crippen molar-refractivity contribution in [3.63, 3.8) is 0 Å². The smallest absolute Gasteiger partial charge is 0.218 e. The molecule has 18 heavy (non-hydrogen) atoms. The van der Waals surface area contributed by atoms with Crippen molar-refractivity contribution in [3.05, 3.63) is 29.8 Å². The Morgan fingerprint density at radius 3 is 2.78 bits per heavy atom. The highest BCUT2D eigenvalue weighted by Crippen LogP contribution is 2.18. The van der Waals surface area contributed by atoms with Gasteiger partial charge in [-0.1, -0.05) is 29.5 Å². The molecule has 7 heteroatoms. The molecule has 2 aromatic rings. The summed E-state index contributed by atoms with van der Waals surface area (Å²) in [7, 11) is 0. The molecular weight excluding hydrogens is 250 g/mol. The first-order chi connectivity index (χ1) is 8.66. The molecule has 0 bridgehead atoms. The SMILES string of the molecule is Cc1ccc(-n2nnnc2SCCC(N)=O)cc1. The molecule has 0 atom stereocenters. The van der Waals surface area contributed by atoms with Crippen molar-refractivity contribution in [3.8, 4) is 5.69 Å². The molecule has 0 spiro atoms. The summed E-state index contributed by atoms with van der Waals surface area (Å²) in [6.45, 7) is 2.02. The molecule has 0 fully saturated rings. The Bertz CT molecular complexity index is 537. The van der Waals surface area contributed by atoms with Crippen molar-refractivity contribution in [2.24, 2.45) is 5.73 Å². The fourth-order valence-corrected chi connectivity index (χ4v) is 2.20. The van der Waals surface area contributed by atoms with Gasteiger partial charge < -0.3 is 5.73 Å². The number of thioether (sulfide) groups is 1. The van der Waals surface area contributed by atoms with Crippen LogP contribution in [0.5, 0.6) is 0 Å². The van der Waals surface area contributed by atoms with Crippen molar-refractivity contribution in [2.75, 3.05) is 5.75 Å². The minimum absolute atomic E-state index is 0.311. The van der Waals surface area contributed by atoms with Crippen LogP contribution in [-0.4, -0.2) is 31.9 Å². The summed E-state index contributed by atoms with van der Waals surface area (Å²) in [4.78, 5) is 10.7. The highest BCUT2D eigenvalue weighted by atomic mass is 32.2. The second-order valence-electron chi connectivity index (χ2n) is 3.77. The summed E-state index contributed by atoms with van der Waals surface area (Å²) in [5.74, 6) is 0.249. The van der Waals surface area contributed by atoms with Crippen LogP contribution in [-0.2, 0) is 4.79 Å². The van der Waals surface area contributed by atoms with Gasteiger partial charge in [0, 0.05) is 12.2 Å². The minimum atomic E-state index is -0.322. The number of carbonyl (C=O) groups excluding carboxylic acids is 1. The van der Waals surface area contributed by atoms with Gasteiger partial charge in [-0.25, -0.2) is 0 Å². The Balaban J connectivity index is 2.12. The Kier molecular flexibility index (Phi) is 3.93. The number of amides is 1. The van der Waals surface area contributed by atoms with Crippen LogP contribution < -0.4 is 5.73 Å². The van der Waals surface area contributed by atoms with Gasteiger partial charge in [-0.2, -0.15) is 4.68 Å². The van der Waals surface area contributed by atoms with Crippen LogP contribution in [0.1, 0.15) is 12.0 Å². The molecule has 0 unspecified atom stereocenters. The van der Waals surface area contributed by atoms with Crippen LogP contribution in [0.2, 0.25) is 0 Å². The fourth-order valence-electron chi connectivity index (χ4n) is 1.36. The van der Waals surface area contributed by atoms with Crippen molar-refractivity contribution in [2.45, 2.75) is 18.5 Å². The maximum atomic E-state index is 10.7. The van der Waals surface area contributed by atoms with Crippen LogP contribution in [0.4, 0.5) is 0 Å². The molecule has 0 saturated heterocycles. The average molecular weight is 263 g/mol. The van der Waals surface area contributed by atoms with E-state index in [-0.39, 0.29) is 5.91 Å². The lowest BCUT2D eigenvalue weighted by Gasteiger charge is -2.03. The number of aromatic nitrogens is 4. The maximum Gasteiger partial charge on any atom is 0.218 e. The summed E-state index contributed by atoms with van der Waals surface area (Å²) in [6.07, 6.45) is 0.311. The molecule has 1 heterocycles. The molecule has 1 aromatic carbocycles. The summed E-state index contributed by atoms with van der Waals surface area (Å²) >= 11 is 1.41. The monoisotopic (exact) mass is 263 g/mol. The minimum Gasteiger partial charge on any atom is -0.370 e. The quantitative estimate of drug-likeness (QED) is 0.811. The number of aryl methyl sites for hydroxylation is 1. The summed E-state index contributed by atoms with van der Waals surface area (Å²) in [5, 5.41) is 12.2. The molecule has 0 saturated carbocycles. The van der Waals surface area contributed by atoms with E-state index in [9.17, 15) is 4.79 Å². The summed E-state index contributed by atoms with van der Waals surface area (Å²) in [6, 6.07) is 7.89. The third kappa shape index (κ3) is 3.07. The molecular formula is C11H13N5OS. The van der Waals surface area contributed by atoms with Crippen LogP contribution >= 0.6 is 11.8 Å². The van der Waals surface area contributed by atoms with E-state index < -0.39 is 0 Å². The maximum absolute atomic E-state index is 10.7. The number of tetrazole rings is 1. The number of nitrogens with two attached hydrogens (primary N) is 1.